The Labute approximate surface area is 174 Å². The maximum Gasteiger partial charge on any atom is 0.337 e. The third-order valence-electron chi connectivity index (χ3n) is 4.40. The van der Waals surface area contributed by atoms with E-state index in [1.54, 1.807) is 47.8 Å². The standard InChI is InChI=1S/C21H14ClNO5S/c1-27-17-8-11(6-7-13(17)22)12-10-29-18(19(12)21(25)26)9-15(24)20-23-14-4-2-3-5-16(14)28-20/h2-8,10H,9H2,1H3,(H,25,26). The van der Waals surface area contributed by atoms with Crippen LogP contribution in [0.3, 0.4) is 0 Å². The Hall–Kier alpha value is -3.16. The molecule has 0 atom stereocenters. The first-order valence-electron chi connectivity index (χ1n) is 8.54. The molecule has 146 valence electrons. The first-order valence-corrected chi connectivity index (χ1v) is 9.80. The summed E-state index contributed by atoms with van der Waals surface area (Å²) >= 11 is 7.26. The van der Waals surface area contributed by atoms with Crippen LogP contribution in [0.25, 0.3) is 22.2 Å². The number of hydrogen-bond acceptors (Lipinski definition) is 6. The average Bonchev–Trinajstić information content (AvgIpc) is 3.32. The zero-order chi connectivity index (χ0) is 20.5. The molecule has 6 nitrogen and oxygen atoms in total. The molecule has 0 unspecified atom stereocenters. The predicted octanol–water partition coefficient (Wildman–Crippen LogP) is 5.34. The number of Topliss-reactive ketones (excluding diaryl/α,β-unsaturated/α-hetero) is 1. The molecule has 2 aromatic carbocycles. The van der Waals surface area contributed by atoms with Crippen molar-refractivity contribution in [2.45, 2.75) is 6.42 Å². The van der Waals surface area contributed by atoms with Gasteiger partial charge in [0.25, 0.3) is 5.89 Å². The maximum absolute atomic E-state index is 12.7. The Balaban J connectivity index is 1.69. The molecular formula is C21H14ClNO5S. The summed E-state index contributed by atoms with van der Waals surface area (Å²) in [7, 11) is 1.49. The van der Waals surface area contributed by atoms with Crippen LogP contribution < -0.4 is 4.74 Å². The van der Waals surface area contributed by atoms with E-state index in [1.807, 2.05) is 0 Å². The van der Waals surface area contributed by atoms with E-state index in [9.17, 15) is 14.7 Å². The van der Waals surface area contributed by atoms with Gasteiger partial charge in [0, 0.05) is 10.4 Å². The number of benzene rings is 2. The molecule has 1 N–H and O–H groups in total. The summed E-state index contributed by atoms with van der Waals surface area (Å²) in [5, 5.41) is 11.9. The number of ketones is 1. The van der Waals surface area contributed by atoms with E-state index >= 15 is 0 Å². The number of hydrogen-bond donors (Lipinski definition) is 1. The molecule has 4 rings (SSSR count). The zero-order valence-electron chi connectivity index (χ0n) is 15.1. The molecule has 8 heteroatoms. The molecule has 0 saturated carbocycles. The SMILES string of the molecule is COc1cc(-c2csc(CC(=O)c3nc4ccccc4o3)c2C(=O)O)ccc1Cl. The minimum Gasteiger partial charge on any atom is -0.495 e. The van der Waals surface area contributed by atoms with E-state index in [0.717, 1.165) is 0 Å². The van der Waals surface area contributed by atoms with Crippen LogP contribution in [-0.2, 0) is 6.42 Å². The van der Waals surface area contributed by atoms with E-state index in [4.69, 9.17) is 20.8 Å². The van der Waals surface area contributed by atoms with E-state index in [1.165, 1.54) is 18.4 Å². The van der Waals surface area contributed by atoms with Crippen molar-refractivity contribution in [2.24, 2.45) is 0 Å². The Kier molecular flexibility index (Phi) is 5.08. The number of aromatic nitrogens is 1. The lowest BCUT2D eigenvalue weighted by atomic mass is 10.0. The minimum atomic E-state index is -1.12. The molecule has 0 radical (unpaired) electrons. The number of methoxy groups -OCH3 is 1. The van der Waals surface area contributed by atoms with Gasteiger partial charge in [-0.2, -0.15) is 0 Å². The fraction of sp³-hybridized carbons (Fsp3) is 0.0952. The number of halogens is 1. The Bertz CT molecular complexity index is 1210. The van der Waals surface area contributed by atoms with Gasteiger partial charge >= 0.3 is 5.97 Å². The molecule has 2 heterocycles. The molecule has 0 aliphatic rings. The number of para-hydroxylation sites is 2. The van der Waals surface area contributed by atoms with Crippen LogP contribution in [0.5, 0.6) is 5.75 Å². The second-order valence-electron chi connectivity index (χ2n) is 6.19. The van der Waals surface area contributed by atoms with Gasteiger partial charge in [0.05, 0.1) is 24.1 Å². The molecule has 0 aliphatic carbocycles. The lowest BCUT2D eigenvalue weighted by molar-refractivity contribution is 0.0697. The summed E-state index contributed by atoms with van der Waals surface area (Å²) in [6.07, 6.45) is -0.121. The second-order valence-corrected chi connectivity index (χ2v) is 7.56. The lowest BCUT2D eigenvalue weighted by Gasteiger charge is -2.07. The topological polar surface area (TPSA) is 89.6 Å². The smallest absolute Gasteiger partial charge is 0.337 e. The molecule has 0 aliphatic heterocycles. The number of oxazole rings is 1. The van der Waals surface area contributed by atoms with Crippen molar-refractivity contribution in [3.05, 3.63) is 69.2 Å². The largest absolute Gasteiger partial charge is 0.495 e. The number of carbonyl (C=O) groups excluding carboxylic acids is 1. The Morgan fingerprint density at radius 2 is 2.03 bits per heavy atom. The van der Waals surface area contributed by atoms with Crippen LogP contribution in [0, 0.1) is 0 Å². The van der Waals surface area contributed by atoms with Crippen LogP contribution in [0.4, 0.5) is 0 Å². The molecule has 29 heavy (non-hydrogen) atoms. The van der Waals surface area contributed by atoms with Gasteiger partial charge in [0.1, 0.15) is 11.3 Å². The first kappa shape index (κ1) is 19.2. The van der Waals surface area contributed by atoms with Gasteiger partial charge in [-0.15, -0.1) is 11.3 Å². The number of carboxylic acid groups (broad SMARTS) is 1. The summed E-state index contributed by atoms with van der Waals surface area (Å²) in [5.74, 6) is -1.09. The number of ether oxygens (including phenoxy) is 1. The monoisotopic (exact) mass is 427 g/mol. The molecular weight excluding hydrogens is 414 g/mol. The highest BCUT2D eigenvalue weighted by Crippen LogP contribution is 2.36. The summed E-state index contributed by atoms with van der Waals surface area (Å²) < 4.78 is 10.7. The summed E-state index contributed by atoms with van der Waals surface area (Å²) in [5.41, 5.74) is 2.30. The summed E-state index contributed by atoms with van der Waals surface area (Å²) in [4.78, 5) is 29.2. The summed E-state index contributed by atoms with van der Waals surface area (Å²) in [6, 6.07) is 12.1. The van der Waals surface area contributed by atoms with Crippen molar-refractivity contribution >= 4 is 45.8 Å². The quantitative estimate of drug-likeness (QED) is 0.417. The molecule has 0 fully saturated rings. The van der Waals surface area contributed by atoms with Gasteiger partial charge in [-0.25, -0.2) is 9.78 Å². The van der Waals surface area contributed by atoms with Gasteiger partial charge in [-0.3, -0.25) is 4.79 Å². The van der Waals surface area contributed by atoms with E-state index < -0.39 is 5.97 Å². The molecule has 0 amide bonds. The van der Waals surface area contributed by atoms with Crippen molar-refractivity contribution in [3.8, 4) is 16.9 Å². The number of carbonyl (C=O) groups is 2. The number of nitrogens with zero attached hydrogens (tertiary/aromatic N) is 1. The van der Waals surface area contributed by atoms with Crippen LogP contribution in [0.1, 0.15) is 25.9 Å². The average molecular weight is 428 g/mol. The predicted molar refractivity (Wildman–Crippen MR) is 110 cm³/mol. The number of fused-ring (bicyclic) bond motifs is 1. The second kappa shape index (κ2) is 7.69. The highest BCUT2D eigenvalue weighted by molar-refractivity contribution is 7.11. The number of rotatable bonds is 6. The zero-order valence-corrected chi connectivity index (χ0v) is 16.7. The molecule has 0 bridgehead atoms. The Morgan fingerprint density at radius 3 is 2.76 bits per heavy atom. The van der Waals surface area contributed by atoms with Crippen molar-refractivity contribution in [3.63, 3.8) is 0 Å². The van der Waals surface area contributed by atoms with Gasteiger partial charge < -0.3 is 14.3 Å². The van der Waals surface area contributed by atoms with Crippen molar-refractivity contribution in [1.82, 2.24) is 4.98 Å². The maximum atomic E-state index is 12.7. The van der Waals surface area contributed by atoms with E-state index in [2.05, 4.69) is 4.98 Å². The van der Waals surface area contributed by atoms with Crippen LogP contribution >= 0.6 is 22.9 Å². The molecule has 2 aromatic heterocycles. The third kappa shape index (κ3) is 3.62. The first-order chi connectivity index (χ1) is 14.0. The van der Waals surface area contributed by atoms with Crippen LogP contribution in [0.2, 0.25) is 5.02 Å². The number of carboxylic acids is 1. The minimum absolute atomic E-state index is 0.0364. The van der Waals surface area contributed by atoms with Crippen LogP contribution in [0.15, 0.2) is 52.3 Å². The van der Waals surface area contributed by atoms with E-state index in [-0.39, 0.29) is 23.7 Å². The highest BCUT2D eigenvalue weighted by atomic mass is 35.5. The Morgan fingerprint density at radius 1 is 1.24 bits per heavy atom. The van der Waals surface area contributed by atoms with Gasteiger partial charge in [0.2, 0.25) is 5.78 Å². The van der Waals surface area contributed by atoms with Gasteiger partial charge in [-0.1, -0.05) is 29.8 Å². The molecule has 0 saturated heterocycles. The van der Waals surface area contributed by atoms with Crippen molar-refractivity contribution < 1.29 is 23.8 Å². The number of thiophene rings is 1. The van der Waals surface area contributed by atoms with Crippen LogP contribution in [-0.4, -0.2) is 29.0 Å². The molecule has 4 aromatic rings. The summed E-state index contributed by atoms with van der Waals surface area (Å²) in [6.45, 7) is 0. The fourth-order valence-corrected chi connectivity index (χ4v) is 4.25. The van der Waals surface area contributed by atoms with Crippen molar-refractivity contribution in [2.75, 3.05) is 7.11 Å². The molecule has 0 spiro atoms. The van der Waals surface area contributed by atoms with Gasteiger partial charge in [-0.05, 0) is 35.2 Å². The fourth-order valence-electron chi connectivity index (χ4n) is 3.02. The third-order valence-corrected chi connectivity index (χ3v) is 5.70. The highest BCUT2D eigenvalue weighted by Gasteiger charge is 2.24. The van der Waals surface area contributed by atoms with Crippen molar-refractivity contribution in [1.29, 1.82) is 0 Å². The lowest BCUT2D eigenvalue weighted by Crippen LogP contribution is -2.07. The number of aromatic carboxylic acids is 1. The normalized spacial score (nSPS) is 11.0. The van der Waals surface area contributed by atoms with Gasteiger partial charge in [0.15, 0.2) is 5.58 Å². The van der Waals surface area contributed by atoms with E-state index in [0.29, 0.717) is 37.9 Å².